The molecule has 1 saturated heterocycles. The number of carbonyl (C=O) groups is 1. The number of fused-ring (bicyclic) bond motifs is 1. The number of aromatic nitrogens is 1. The van der Waals surface area contributed by atoms with E-state index in [1.165, 1.54) is 38.5 Å². The Kier molecular flexibility index (Phi) is 8.20. The van der Waals surface area contributed by atoms with Crippen LogP contribution in [-0.2, 0) is 4.79 Å². The first-order valence-electron chi connectivity index (χ1n) is 12.6. The van der Waals surface area contributed by atoms with Crippen LogP contribution in [-0.4, -0.2) is 52.8 Å². The van der Waals surface area contributed by atoms with Crippen LogP contribution in [0.5, 0.6) is 5.75 Å². The number of hydrogen-bond donors (Lipinski definition) is 2. The molecule has 0 radical (unpaired) electrons. The van der Waals surface area contributed by atoms with E-state index in [1.54, 1.807) is 13.3 Å². The SMILES string of the molecule is COc1ccc2nccc([C@@H](O)CC[C@@H]3CCN(CCC4CCCCC4)C[C@@H]3C(=O)O)c2c1. The molecule has 1 aromatic heterocycles. The highest BCUT2D eigenvalue weighted by Crippen LogP contribution is 2.34. The maximum atomic E-state index is 12.1. The number of carboxylic acids is 1. The molecule has 180 valence electrons. The molecule has 1 saturated carbocycles. The number of aliphatic carboxylic acids is 1. The maximum Gasteiger partial charge on any atom is 0.308 e. The number of methoxy groups -OCH3 is 1. The lowest BCUT2D eigenvalue weighted by Gasteiger charge is -2.37. The quantitative estimate of drug-likeness (QED) is 0.552. The number of aliphatic hydroxyl groups is 1. The molecule has 2 aliphatic rings. The van der Waals surface area contributed by atoms with Crippen molar-refractivity contribution in [2.45, 2.75) is 63.9 Å². The van der Waals surface area contributed by atoms with E-state index in [4.69, 9.17) is 4.74 Å². The molecule has 2 aromatic rings. The van der Waals surface area contributed by atoms with Gasteiger partial charge in [-0.2, -0.15) is 0 Å². The fourth-order valence-electron chi connectivity index (χ4n) is 5.83. The molecule has 1 aliphatic carbocycles. The Morgan fingerprint density at radius 3 is 2.76 bits per heavy atom. The average Bonchev–Trinajstić information content (AvgIpc) is 2.86. The normalized spacial score (nSPS) is 23.5. The molecule has 6 nitrogen and oxygen atoms in total. The summed E-state index contributed by atoms with van der Waals surface area (Å²) in [4.78, 5) is 18.8. The van der Waals surface area contributed by atoms with E-state index in [9.17, 15) is 15.0 Å². The van der Waals surface area contributed by atoms with Crippen LogP contribution in [0.3, 0.4) is 0 Å². The third-order valence-electron chi connectivity index (χ3n) is 7.89. The summed E-state index contributed by atoms with van der Waals surface area (Å²) in [5.41, 5.74) is 1.65. The van der Waals surface area contributed by atoms with Crippen molar-refractivity contribution in [3.05, 3.63) is 36.0 Å². The van der Waals surface area contributed by atoms with Crippen LogP contribution < -0.4 is 4.74 Å². The first kappa shape index (κ1) is 24.0. The summed E-state index contributed by atoms with van der Waals surface area (Å²) in [7, 11) is 1.63. The highest BCUT2D eigenvalue weighted by atomic mass is 16.5. The number of piperidine rings is 1. The number of aliphatic hydroxyl groups excluding tert-OH is 1. The minimum absolute atomic E-state index is 0.103. The molecule has 0 unspecified atom stereocenters. The minimum atomic E-state index is -0.698. The second-order valence-corrected chi connectivity index (χ2v) is 9.96. The van der Waals surface area contributed by atoms with Gasteiger partial charge in [-0.1, -0.05) is 32.1 Å². The molecule has 0 amide bonds. The summed E-state index contributed by atoms with van der Waals surface area (Å²) in [6.07, 6.45) is 11.2. The number of hydrogen-bond acceptors (Lipinski definition) is 5. The number of rotatable bonds is 9. The standard InChI is InChI=1S/C27H38N2O4/c1-33-21-8-9-25-23(17-21)22(11-14-28-25)26(30)10-7-20-13-16-29(18-24(20)27(31)32)15-12-19-5-3-2-4-6-19/h8-9,11,14,17,19-20,24,26,30H,2-7,10,12-13,15-16,18H2,1H3,(H,31,32)/t20-,24+,26+/m1/s1. The lowest BCUT2D eigenvalue weighted by atomic mass is 9.80. The molecular formula is C27H38N2O4. The van der Waals surface area contributed by atoms with Gasteiger partial charge in [-0.05, 0) is 80.4 Å². The van der Waals surface area contributed by atoms with Gasteiger partial charge in [0.1, 0.15) is 5.75 Å². The molecule has 2 N–H and O–H groups in total. The molecular weight excluding hydrogens is 416 g/mol. The third kappa shape index (κ3) is 6.04. The fraction of sp³-hybridized carbons (Fsp3) is 0.630. The summed E-state index contributed by atoms with van der Waals surface area (Å²) < 4.78 is 5.34. The molecule has 2 heterocycles. The number of pyridine rings is 1. The van der Waals surface area contributed by atoms with Crippen LogP contribution in [0, 0.1) is 17.8 Å². The van der Waals surface area contributed by atoms with Gasteiger partial charge >= 0.3 is 5.97 Å². The molecule has 4 rings (SSSR count). The van der Waals surface area contributed by atoms with Gasteiger partial charge in [0.2, 0.25) is 0 Å². The van der Waals surface area contributed by atoms with Crippen LogP contribution in [0.2, 0.25) is 0 Å². The minimum Gasteiger partial charge on any atom is -0.497 e. The van der Waals surface area contributed by atoms with Gasteiger partial charge in [0.15, 0.2) is 0 Å². The third-order valence-corrected chi connectivity index (χ3v) is 7.89. The first-order chi connectivity index (χ1) is 16.0. The topological polar surface area (TPSA) is 82.9 Å². The van der Waals surface area contributed by atoms with Crippen LogP contribution in [0.1, 0.15) is 69.5 Å². The zero-order chi connectivity index (χ0) is 23.2. The van der Waals surface area contributed by atoms with Gasteiger partial charge in [-0.15, -0.1) is 0 Å². The van der Waals surface area contributed by atoms with Crippen LogP contribution in [0.25, 0.3) is 10.9 Å². The zero-order valence-corrected chi connectivity index (χ0v) is 19.8. The Balaban J connectivity index is 1.34. The lowest BCUT2D eigenvalue weighted by Crippen LogP contribution is -2.44. The Morgan fingerprint density at radius 1 is 1.18 bits per heavy atom. The zero-order valence-electron chi connectivity index (χ0n) is 19.8. The number of carboxylic acid groups (broad SMARTS) is 1. The Bertz CT molecular complexity index is 927. The van der Waals surface area contributed by atoms with Crippen molar-refractivity contribution in [2.75, 3.05) is 26.7 Å². The van der Waals surface area contributed by atoms with Gasteiger partial charge < -0.3 is 19.8 Å². The maximum absolute atomic E-state index is 12.1. The summed E-state index contributed by atoms with van der Waals surface area (Å²) in [5.74, 6) is 0.604. The monoisotopic (exact) mass is 454 g/mol. The van der Waals surface area contributed by atoms with E-state index in [1.807, 2.05) is 24.3 Å². The Hall–Kier alpha value is -2.18. The van der Waals surface area contributed by atoms with Crippen molar-refractivity contribution in [3.63, 3.8) is 0 Å². The predicted molar refractivity (Wildman–Crippen MR) is 129 cm³/mol. The van der Waals surface area contributed by atoms with Crippen molar-refractivity contribution < 1.29 is 19.7 Å². The molecule has 0 bridgehead atoms. The Morgan fingerprint density at radius 2 is 2.00 bits per heavy atom. The lowest BCUT2D eigenvalue weighted by molar-refractivity contribution is -0.146. The van der Waals surface area contributed by atoms with E-state index in [-0.39, 0.29) is 11.8 Å². The van der Waals surface area contributed by atoms with E-state index in [2.05, 4.69) is 9.88 Å². The average molecular weight is 455 g/mol. The molecule has 0 spiro atoms. The Labute approximate surface area is 197 Å². The summed E-state index contributed by atoms with van der Waals surface area (Å²) >= 11 is 0. The predicted octanol–water partition coefficient (Wildman–Crippen LogP) is 5.05. The number of likely N-dealkylation sites (tertiary alicyclic amines) is 1. The first-order valence-corrected chi connectivity index (χ1v) is 12.6. The summed E-state index contributed by atoms with van der Waals surface area (Å²) in [6, 6.07) is 7.53. The number of benzene rings is 1. The van der Waals surface area contributed by atoms with Crippen molar-refractivity contribution in [2.24, 2.45) is 17.8 Å². The van der Waals surface area contributed by atoms with E-state index < -0.39 is 12.1 Å². The van der Waals surface area contributed by atoms with E-state index in [0.29, 0.717) is 19.4 Å². The van der Waals surface area contributed by atoms with Crippen molar-refractivity contribution in [3.8, 4) is 5.75 Å². The van der Waals surface area contributed by atoms with Crippen LogP contribution in [0.4, 0.5) is 0 Å². The van der Waals surface area contributed by atoms with E-state index in [0.717, 1.165) is 47.6 Å². The highest BCUT2D eigenvalue weighted by Gasteiger charge is 2.34. The van der Waals surface area contributed by atoms with Crippen molar-refractivity contribution in [1.29, 1.82) is 0 Å². The van der Waals surface area contributed by atoms with Gasteiger partial charge in [-0.25, -0.2) is 0 Å². The number of ether oxygens (including phenoxy) is 1. The molecule has 6 heteroatoms. The van der Waals surface area contributed by atoms with Gasteiger partial charge in [0.25, 0.3) is 0 Å². The molecule has 2 fully saturated rings. The number of nitrogens with zero attached hydrogens (tertiary/aromatic N) is 2. The molecule has 1 aromatic carbocycles. The second-order valence-electron chi connectivity index (χ2n) is 9.96. The van der Waals surface area contributed by atoms with Crippen molar-refractivity contribution >= 4 is 16.9 Å². The van der Waals surface area contributed by atoms with Crippen LogP contribution >= 0.6 is 0 Å². The van der Waals surface area contributed by atoms with Crippen LogP contribution in [0.15, 0.2) is 30.5 Å². The van der Waals surface area contributed by atoms with Gasteiger partial charge in [0.05, 0.1) is 24.6 Å². The highest BCUT2D eigenvalue weighted by molar-refractivity contribution is 5.83. The van der Waals surface area contributed by atoms with Gasteiger partial charge in [0, 0.05) is 18.1 Å². The smallest absolute Gasteiger partial charge is 0.308 e. The van der Waals surface area contributed by atoms with E-state index >= 15 is 0 Å². The second kappa shape index (κ2) is 11.3. The van der Waals surface area contributed by atoms with Gasteiger partial charge in [-0.3, -0.25) is 9.78 Å². The fourth-order valence-corrected chi connectivity index (χ4v) is 5.83. The van der Waals surface area contributed by atoms with Crippen molar-refractivity contribution in [1.82, 2.24) is 9.88 Å². The molecule has 3 atom stereocenters. The molecule has 33 heavy (non-hydrogen) atoms. The largest absolute Gasteiger partial charge is 0.497 e. The molecule has 1 aliphatic heterocycles. The summed E-state index contributed by atoms with van der Waals surface area (Å²) in [6.45, 7) is 2.62. The summed E-state index contributed by atoms with van der Waals surface area (Å²) in [5, 5.41) is 21.8.